The Bertz CT molecular complexity index is 719. The highest BCUT2D eigenvalue weighted by atomic mass is 35.5. The molecule has 1 aromatic carbocycles. The van der Waals surface area contributed by atoms with Gasteiger partial charge in [-0.3, -0.25) is 9.59 Å². The molecule has 0 aliphatic heterocycles. The Kier molecular flexibility index (Phi) is 5.34. The van der Waals surface area contributed by atoms with Crippen molar-refractivity contribution in [3.05, 3.63) is 57.9 Å². The number of benzene rings is 1. The molecule has 0 aliphatic carbocycles. The molecule has 2 aromatic rings. The number of hydrogen-bond acceptors (Lipinski definition) is 3. The van der Waals surface area contributed by atoms with Crippen molar-refractivity contribution in [2.24, 2.45) is 0 Å². The molecule has 0 atom stereocenters. The molecule has 0 unspecified atom stereocenters. The van der Waals surface area contributed by atoms with Crippen LogP contribution in [0.3, 0.4) is 0 Å². The van der Waals surface area contributed by atoms with Crippen LogP contribution < -0.4 is 10.6 Å². The molecular formula is C17H18ClN3O2. The van der Waals surface area contributed by atoms with Gasteiger partial charge in [0.1, 0.15) is 5.15 Å². The number of carbonyl (C=O) groups excluding carboxylic acids is 2. The smallest absolute Gasteiger partial charge is 0.253 e. The van der Waals surface area contributed by atoms with Crippen LogP contribution in [0.25, 0.3) is 0 Å². The average molecular weight is 332 g/mol. The third kappa shape index (κ3) is 4.53. The number of carbonyl (C=O) groups is 2. The van der Waals surface area contributed by atoms with Crippen molar-refractivity contribution in [1.82, 2.24) is 10.3 Å². The second-order valence-corrected chi connectivity index (χ2v) is 5.76. The van der Waals surface area contributed by atoms with E-state index in [9.17, 15) is 9.59 Å². The lowest BCUT2D eigenvalue weighted by molar-refractivity contribution is -0.115. The lowest BCUT2D eigenvalue weighted by atomic mass is 10.1. The second kappa shape index (κ2) is 7.24. The number of hydrogen-bond donors (Lipinski definition) is 2. The summed E-state index contributed by atoms with van der Waals surface area (Å²) >= 11 is 5.67. The lowest BCUT2D eigenvalue weighted by Crippen LogP contribution is -2.33. The zero-order valence-corrected chi connectivity index (χ0v) is 14.0. The third-order valence-corrected chi connectivity index (χ3v) is 3.56. The molecule has 2 N–H and O–H groups in total. The first-order valence-corrected chi connectivity index (χ1v) is 7.52. The van der Waals surface area contributed by atoms with E-state index in [1.165, 1.54) is 12.3 Å². The number of pyridine rings is 1. The van der Waals surface area contributed by atoms with Gasteiger partial charge < -0.3 is 10.6 Å². The number of halogens is 1. The van der Waals surface area contributed by atoms with Gasteiger partial charge in [0.15, 0.2) is 0 Å². The van der Waals surface area contributed by atoms with Crippen LogP contribution in [0.5, 0.6) is 0 Å². The highest BCUT2D eigenvalue weighted by Gasteiger charge is 2.11. The van der Waals surface area contributed by atoms with Crippen LogP contribution in [0.4, 0.5) is 5.69 Å². The molecule has 2 rings (SSSR count). The number of rotatable bonds is 4. The summed E-state index contributed by atoms with van der Waals surface area (Å²) in [7, 11) is 0. The highest BCUT2D eigenvalue weighted by Crippen LogP contribution is 2.21. The van der Waals surface area contributed by atoms with Crippen molar-refractivity contribution in [3.8, 4) is 0 Å². The van der Waals surface area contributed by atoms with Crippen LogP contribution in [-0.4, -0.2) is 23.3 Å². The van der Waals surface area contributed by atoms with Gasteiger partial charge in [-0.15, -0.1) is 0 Å². The predicted octanol–water partition coefficient (Wildman–Crippen LogP) is 3.03. The van der Waals surface area contributed by atoms with E-state index in [1.807, 2.05) is 32.9 Å². The van der Waals surface area contributed by atoms with Crippen LogP contribution in [0, 0.1) is 20.8 Å². The predicted molar refractivity (Wildman–Crippen MR) is 90.9 cm³/mol. The fourth-order valence-electron chi connectivity index (χ4n) is 2.33. The average Bonchev–Trinajstić information content (AvgIpc) is 2.49. The summed E-state index contributed by atoms with van der Waals surface area (Å²) in [6.07, 6.45) is 1.36. The van der Waals surface area contributed by atoms with E-state index in [0.717, 1.165) is 22.4 Å². The number of nitrogens with zero attached hydrogens (tertiary/aromatic N) is 1. The summed E-state index contributed by atoms with van der Waals surface area (Å²) in [5.74, 6) is -0.656. The molecule has 0 saturated heterocycles. The number of aromatic nitrogens is 1. The SMILES string of the molecule is Cc1cc(C)c(NC(=O)CNC(=O)c2ccc(Cl)nc2)c(C)c1. The summed E-state index contributed by atoms with van der Waals surface area (Å²) in [4.78, 5) is 27.8. The lowest BCUT2D eigenvalue weighted by Gasteiger charge is -2.13. The molecule has 0 radical (unpaired) electrons. The molecular weight excluding hydrogens is 314 g/mol. The Morgan fingerprint density at radius 1 is 1.13 bits per heavy atom. The number of aryl methyl sites for hydroxylation is 3. The first-order chi connectivity index (χ1) is 10.9. The first-order valence-electron chi connectivity index (χ1n) is 7.14. The van der Waals surface area contributed by atoms with E-state index in [1.54, 1.807) is 6.07 Å². The van der Waals surface area contributed by atoms with Gasteiger partial charge in [-0.2, -0.15) is 0 Å². The fourth-order valence-corrected chi connectivity index (χ4v) is 2.45. The summed E-state index contributed by atoms with van der Waals surface area (Å²) < 4.78 is 0. The molecule has 120 valence electrons. The van der Waals surface area contributed by atoms with Gasteiger partial charge >= 0.3 is 0 Å². The van der Waals surface area contributed by atoms with Gasteiger partial charge in [0, 0.05) is 11.9 Å². The van der Waals surface area contributed by atoms with Crippen LogP contribution >= 0.6 is 11.6 Å². The maximum Gasteiger partial charge on any atom is 0.253 e. The Morgan fingerprint density at radius 2 is 1.78 bits per heavy atom. The minimum Gasteiger partial charge on any atom is -0.343 e. The van der Waals surface area contributed by atoms with Crippen molar-refractivity contribution in [1.29, 1.82) is 0 Å². The molecule has 0 fully saturated rings. The maximum absolute atomic E-state index is 12.0. The van der Waals surface area contributed by atoms with Crippen LogP contribution in [0.2, 0.25) is 5.15 Å². The normalized spacial score (nSPS) is 10.3. The number of nitrogens with one attached hydrogen (secondary N) is 2. The fraction of sp³-hybridized carbons (Fsp3) is 0.235. The van der Waals surface area contributed by atoms with Crippen molar-refractivity contribution >= 4 is 29.1 Å². The minimum atomic E-state index is -0.373. The Labute approximate surface area is 140 Å². The Morgan fingerprint density at radius 3 is 2.35 bits per heavy atom. The number of anilines is 1. The van der Waals surface area contributed by atoms with E-state index in [2.05, 4.69) is 15.6 Å². The van der Waals surface area contributed by atoms with Gasteiger partial charge in [-0.1, -0.05) is 29.3 Å². The largest absolute Gasteiger partial charge is 0.343 e. The highest BCUT2D eigenvalue weighted by molar-refractivity contribution is 6.29. The van der Waals surface area contributed by atoms with E-state index in [0.29, 0.717) is 10.7 Å². The van der Waals surface area contributed by atoms with Crippen LogP contribution in [-0.2, 0) is 4.79 Å². The van der Waals surface area contributed by atoms with Gasteiger partial charge in [0.05, 0.1) is 12.1 Å². The Balaban J connectivity index is 1.95. The molecule has 5 nitrogen and oxygen atoms in total. The van der Waals surface area contributed by atoms with E-state index in [-0.39, 0.29) is 18.4 Å². The zero-order valence-electron chi connectivity index (χ0n) is 13.2. The molecule has 1 heterocycles. The molecule has 0 aliphatic rings. The molecule has 0 bridgehead atoms. The molecule has 23 heavy (non-hydrogen) atoms. The van der Waals surface area contributed by atoms with E-state index < -0.39 is 0 Å². The van der Waals surface area contributed by atoms with Crippen molar-refractivity contribution in [2.75, 3.05) is 11.9 Å². The van der Waals surface area contributed by atoms with E-state index >= 15 is 0 Å². The monoisotopic (exact) mass is 331 g/mol. The molecule has 1 aromatic heterocycles. The molecule has 2 amide bonds. The summed E-state index contributed by atoms with van der Waals surface area (Å²) in [5.41, 5.74) is 4.25. The molecule has 0 spiro atoms. The topological polar surface area (TPSA) is 71.1 Å². The third-order valence-electron chi connectivity index (χ3n) is 3.34. The first kappa shape index (κ1) is 17.0. The summed E-state index contributed by atoms with van der Waals surface area (Å²) in [5, 5.41) is 5.70. The minimum absolute atomic E-state index is 0.117. The van der Waals surface area contributed by atoms with Gasteiger partial charge in [-0.05, 0) is 44.0 Å². The zero-order chi connectivity index (χ0) is 17.0. The van der Waals surface area contributed by atoms with Crippen LogP contribution in [0.15, 0.2) is 30.5 Å². The van der Waals surface area contributed by atoms with Crippen molar-refractivity contribution in [2.45, 2.75) is 20.8 Å². The molecule has 6 heteroatoms. The second-order valence-electron chi connectivity index (χ2n) is 5.37. The van der Waals surface area contributed by atoms with Gasteiger partial charge in [0.2, 0.25) is 5.91 Å². The maximum atomic E-state index is 12.0. The summed E-state index contributed by atoms with van der Waals surface area (Å²) in [6.45, 7) is 5.77. The molecule has 0 saturated carbocycles. The van der Waals surface area contributed by atoms with E-state index in [4.69, 9.17) is 11.6 Å². The Hall–Kier alpha value is -2.40. The van der Waals surface area contributed by atoms with Crippen molar-refractivity contribution < 1.29 is 9.59 Å². The van der Waals surface area contributed by atoms with Crippen LogP contribution in [0.1, 0.15) is 27.0 Å². The van der Waals surface area contributed by atoms with Gasteiger partial charge in [-0.25, -0.2) is 4.98 Å². The number of amides is 2. The van der Waals surface area contributed by atoms with Gasteiger partial charge in [0.25, 0.3) is 5.91 Å². The summed E-state index contributed by atoms with van der Waals surface area (Å²) in [6, 6.07) is 7.08. The van der Waals surface area contributed by atoms with Crippen molar-refractivity contribution in [3.63, 3.8) is 0 Å². The standard InChI is InChI=1S/C17H18ClN3O2/c1-10-6-11(2)16(12(3)7-10)21-15(22)9-20-17(23)13-4-5-14(18)19-8-13/h4-8H,9H2,1-3H3,(H,20,23)(H,21,22). The quantitative estimate of drug-likeness (QED) is 0.846.